The van der Waals surface area contributed by atoms with E-state index in [0.29, 0.717) is 11.3 Å². The number of hydrogen-bond donors (Lipinski definition) is 0. The number of para-hydroxylation sites is 1. The van der Waals surface area contributed by atoms with Crippen molar-refractivity contribution in [1.82, 2.24) is 4.98 Å². The zero-order valence-corrected chi connectivity index (χ0v) is 8.14. The summed E-state index contributed by atoms with van der Waals surface area (Å²) in [6.07, 6.45) is 1.28. The maximum Gasteiger partial charge on any atom is 0.292 e. The molecule has 2 aromatic rings. The minimum atomic E-state index is -0.474. The van der Waals surface area contributed by atoms with Gasteiger partial charge < -0.3 is 4.42 Å². The number of aromatic nitrogens is 1. The quantitative estimate of drug-likeness (QED) is 0.581. The van der Waals surface area contributed by atoms with E-state index in [9.17, 15) is 10.1 Å². The summed E-state index contributed by atoms with van der Waals surface area (Å²) >= 11 is 5.49. The fourth-order valence-electron chi connectivity index (χ4n) is 1.22. The van der Waals surface area contributed by atoms with Crippen molar-refractivity contribution in [3.63, 3.8) is 0 Å². The Morgan fingerprint density at radius 1 is 1.40 bits per heavy atom. The molecule has 0 fully saturated rings. The Labute approximate surface area is 89.5 Å². The molecule has 15 heavy (non-hydrogen) atoms. The van der Waals surface area contributed by atoms with Gasteiger partial charge in [-0.05, 0) is 17.7 Å². The molecule has 1 heterocycles. The largest absolute Gasteiger partial charge is 0.436 e. The van der Waals surface area contributed by atoms with Crippen molar-refractivity contribution in [2.75, 3.05) is 0 Å². The second-order valence-electron chi connectivity index (χ2n) is 2.76. The van der Waals surface area contributed by atoms with Crippen LogP contribution in [0.1, 0.15) is 0 Å². The van der Waals surface area contributed by atoms with Crippen LogP contribution >= 0.6 is 11.6 Å². The Kier molecular flexibility index (Phi) is 2.39. The zero-order chi connectivity index (χ0) is 10.8. The highest BCUT2D eigenvalue weighted by Crippen LogP contribution is 2.29. The fourth-order valence-corrected chi connectivity index (χ4v) is 1.36. The number of oxazole rings is 1. The van der Waals surface area contributed by atoms with Gasteiger partial charge in [0, 0.05) is 6.07 Å². The van der Waals surface area contributed by atoms with Crippen molar-refractivity contribution in [3.8, 4) is 11.3 Å². The van der Waals surface area contributed by atoms with Crippen molar-refractivity contribution in [2.24, 2.45) is 0 Å². The third-order valence-corrected chi connectivity index (χ3v) is 2.03. The van der Waals surface area contributed by atoms with E-state index in [-0.39, 0.29) is 11.0 Å². The summed E-state index contributed by atoms with van der Waals surface area (Å²) in [6.45, 7) is 0. The van der Waals surface area contributed by atoms with Gasteiger partial charge in [0.05, 0.1) is 10.5 Å². The number of nitro benzene ring substituents is 1. The van der Waals surface area contributed by atoms with Crippen LogP contribution < -0.4 is 0 Å². The summed E-state index contributed by atoms with van der Waals surface area (Å²) in [7, 11) is 0. The van der Waals surface area contributed by atoms with Crippen LogP contribution in [0.25, 0.3) is 11.3 Å². The molecule has 0 atom stereocenters. The van der Waals surface area contributed by atoms with E-state index in [2.05, 4.69) is 4.98 Å². The second kappa shape index (κ2) is 3.70. The first-order valence-electron chi connectivity index (χ1n) is 4.03. The molecule has 0 saturated carbocycles. The number of hydrogen-bond acceptors (Lipinski definition) is 4. The molecule has 0 aliphatic heterocycles. The normalized spacial score (nSPS) is 10.2. The average Bonchev–Trinajstić information content (AvgIpc) is 2.65. The topological polar surface area (TPSA) is 69.2 Å². The minimum absolute atomic E-state index is 0.0255. The van der Waals surface area contributed by atoms with E-state index in [1.165, 1.54) is 12.3 Å². The fraction of sp³-hybridized carbons (Fsp3) is 0. The summed E-state index contributed by atoms with van der Waals surface area (Å²) in [5.41, 5.74) is 0.716. The molecule has 1 aromatic carbocycles. The molecule has 0 amide bonds. The van der Waals surface area contributed by atoms with Gasteiger partial charge in [0.2, 0.25) is 0 Å². The van der Waals surface area contributed by atoms with Crippen molar-refractivity contribution in [3.05, 3.63) is 46.0 Å². The van der Waals surface area contributed by atoms with E-state index in [4.69, 9.17) is 16.0 Å². The van der Waals surface area contributed by atoms with Crippen LogP contribution in [0.2, 0.25) is 5.35 Å². The Morgan fingerprint density at radius 3 is 2.73 bits per heavy atom. The molecule has 2 rings (SSSR count). The first-order chi connectivity index (χ1) is 7.18. The molecule has 0 aliphatic rings. The van der Waals surface area contributed by atoms with Gasteiger partial charge >= 0.3 is 0 Å². The van der Waals surface area contributed by atoms with E-state index < -0.39 is 4.92 Å². The lowest BCUT2D eigenvalue weighted by Crippen LogP contribution is -1.91. The highest BCUT2D eigenvalue weighted by molar-refractivity contribution is 6.27. The number of halogens is 1. The van der Waals surface area contributed by atoms with Crippen LogP contribution in [-0.2, 0) is 0 Å². The first-order valence-corrected chi connectivity index (χ1v) is 4.41. The van der Waals surface area contributed by atoms with E-state index in [1.807, 2.05) is 0 Å². The monoisotopic (exact) mass is 224 g/mol. The molecule has 6 heteroatoms. The van der Waals surface area contributed by atoms with Crippen LogP contribution in [0.3, 0.4) is 0 Å². The summed E-state index contributed by atoms with van der Waals surface area (Å²) in [5.74, 6) is 0. The maximum atomic E-state index is 10.7. The lowest BCUT2D eigenvalue weighted by atomic mass is 10.1. The molecule has 76 valence electrons. The van der Waals surface area contributed by atoms with E-state index in [0.717, 1.165) is 0 Å². The van der Waals surface area contributed by atoms with Gasteiger partial charge in [0.25, 0.3) is 11.0 Å². The molecular weight excluding hydrogens is 220 g/mol. The van der Waals surface area contributed by atoms with Crippen LogP contribution in [0.15, 0.2) is 34.9 Å². The van der Waals surface area contributed by atoms with Gasteiger partial charge in [-0.15, -0.1) is 0 Å². The lowest BCUT2D eigenvalue weighted by molar-refractivity contribution is -0.384. The highest BCUT2D eigenvalue weighted by atomic mass is 35.5. The summed E-state index contributed by atoms with van der Waals surface area (Å²) in [6, 6.07) is 6.26. The maximum absolute atomic E-state index is 10.7. The summed E-state index contributed by atoms with van der Waals surface area (Å²) in [4.78, 5) is 14.1. The zero-order valence-electron chi connectivity index (χ0n) is 7.38. The number of benzene rings is 1. The Morgan fingerprint density at radius 2 is 2.13 bits per heavy atom. The Balaban J connectivity index is 2.57. The number of nitro groups is 1. The van der Waals surface area contributed by atoms with Gasteiger partial charge in [0.15, 0.2) is 0 Å². The SMILES string of the molecule is O=[N+]([O-])c1ccccc1-c1coc(Cl)n1. The molecule has 0 spiro atoms. The van der Waals surface area contributed by atoms with Crippen molar-refractivity contribution < 1.29 is 9.34 Å². The van der Waals surface area contributed by atoms with Gasteiger partial charge in [-0.3, -0.25) is 10.1 Å². The third kappa shape index (κ3) is 1.82. The molecule has 1 aromatic heterocycles. The molecule has 0 N–H and O–H groups in total. The van der Waals surface area contributed by atoms with Crippen LogP contribution in [0, 0.1) is 10.1 Å². The van der Waals surface area contributed by atoms with Crippen molar-refractivity contribution >= 4 is 17.3 Å². The van der Waals surface area contributed by atoms with Gasteiger partial charge in [-0.1, -0.05) is 12.1 Å². The third-order valence-electron chi connectivity index (χ3n) is 1.85. The number of nitrogens with zero attached hydrogens (tertiary/aromatic N) is 2. The van der Waals surface area contributed by atoms with Crippen LogP contribution in [0.4, 0.5) is 5.69 Å². The Hall–Kier alpha value is -1.88. The van der Waals surface area contributed by atoms with Crippen LogP contribution in [-0.4, -0.2) is 9.91 Å². The van der Waals surface area contributed by atoms with Gasteiger partial charge in [0.1, 0.15) is 12.0 Å². The standard InChI is InChI=1S/C9H5ClN2O3/c10-9-11-7(5-15-9)6-3-1-2-4-8(6)12(13)14/h1-5H. The van der Waals surface area contributed by atoms with Gasteiger partial charge in [-0.25, -0.2) is 0 Å². The summed E-state index contributed by atoms with van der Waals surface area (Å²) < 4.78 is 4.79. The molecular formula is C9H5ClN2O3. The summed E-state index contributed by atoms with van der Waals surface area (Å²) in [5, 5.41) is 10.7. The predicted octanol–water partition coefficient (Wildman–Crippen LogP) is 2.90. The Bertz CT molecular complexity index is 510. The van der Waals surface area contributed by atoms with E-state index >= 15 is 0 Å². The molecule has 0 unspecified atom stereocenters. The molecule has 0 bridgehead atoms. The molecule has 0 aliphatic carbocycles. The molecule has 0 radical (unpaired) electrons. The van der Waals surface area contributed by atoms with Crippen molar-refractivity contribution in [2.45, 2.75) is 0 Å². The average molecular weight is 225 g/mol. The molecule has 5 nitrogen and oxygen atoms in total. The molecule has 0 saturated heterocycles. The smallest absolute Gasteiger partial charge is 0.292 e. The van der Waals surface area contributed by atoms with Crippen molar-refractivity contribution in [1.29, 1.82) is 0 Å². The minimum Gasteiger partial charge on any atom is -0.436 e. The second-order valence-corrected chi connectivity index (χ2v) is 3.08. The predicted molar refractivity (Wildman–Crippen MR) is 53.6 cm³/mol. The number of rotatable bonds is 2. The first kappa shape index (κ1) is 9.67. The van der Waals surface area contributed by atoms with E-state index in [1.54, 1.807) is 18.2 Å². The van der Waals surface area contributed by atoms with Gasteiger partial charge in [-0.2, -0.15) is 4.98 Å². The highest BCUT2D eigenvalue weighted by Gasteiger charge is 2.16. The van der Waals surface area contributed by atoms with Crippen LogP contribution in [0.5, 0.6) is 0 Å². The lowest BCUT2D eigenvalue weighted by Gasteiger charge is -1.96.